The number of rotatable bonds is 10. The third-order valence-corrected chi connectivity index (χ3v) is 6.47. The van der Waals surface area contributed by atoms with Gasteiger partial charge < -0.3 is 39.8 Å². The highest BCUT2D eigenvalue weighted by Crippen LogP contribution is 2.25. The van der Waals surface area contributed by atoms with Crippen LogP contribution in [-0.2, 0) is 41.8 Å². The number of alkyl carbamates (subject to hydrolysis) is 1. The van der Waals surface area contributed by atoms with E-state index >= 15 is 0 Å². The Morgan fingerprint density at radius 2 is 1.39 bits per heavy atom. The predicted octanol–water partition coefficient (Wildman–Crippen LogP) is 1.98. The molecule has 0 spiro atoms. The third kappa shape index (κ3) is 7.89. The number of carbonyl (C=O) groups is 3. The molecule has 0 unspecified atom stereocenters. The van der Waals surface area contributed by atoms with Crippen LogP contribution in [0.1, 0.15) is 22.7 Å². The summed E-state index contributed by atoms with van der Waals surface area (Å²) in [6, 6.07) is 23.9. The van der Waals surface area contributed by atoms with Crippen molar-refractivity contribution in [1.82, 2.24) is 10.6 Å². The van der Waals surface area contributed by atoms with Gasteiger partial charge in [0.1, 0.15) is 24.9 Å². The van der Waals surface area contributed by atoms with Crippen molar-refractivity contribution in [2.45, 2.75) is 49.9 Å². The van der Waals surface area contributed by atoms with Crippen molar-refractivity contribution >= 4 is 18.0 Å². The van der Waals surface area contributed by atoms with Crippen LogP contribution < -0.4 is 10.6 Å². The zero-order chi connectivity index (χ0) is 29.2. The molecule has 3 aromatic carbocycles. The molecule has 4 N–H and O–H groups in total. The molecule has 0 radical (unpaired) electrons. The van der Waals surface area contributed by atoms with Gasteiger partial charge in [0.25, 0.3) is 5.91 Å². The number of amides is 2. The molecule has 6 atom stereocenters. The van der Waals surface area contributed by atoms with Gasteiger partial charge in [-0.15, -0.1) is 0 Å². The Hall–Kier alpha value is -4.29. The molecule has 0 saturated carbocycles. The number of aliphatic hydroxyl groups is 2. The summed E-state index contributed by atoms with van der Waals surface area (Å²) in [5.41, 5.74) is 1.95. The Kier molecular flexibility index (Phi) is 10.4. The number of ether oxygens (including phenoxy) is 4. The molecular weight excluding hydrogens is 532 g/mol. The molecule has 1 heterocycles. The first-order valence-electron chi connectivity index (χ1n) is 12.9. The second-order valence-electron chi connectivity index (χ2n) is 9.31. The highest BCUT2D eigenvalue weighted by atomic mass is 16.7. The second-order valence-corrected chi connectivity index (χ2v) is 9.31. The Balaban J connectivity index is 1.49. The highest BCUT2D eigenvalue weighted by molar-refractivity contribution is 5.88. The fourth-order valence-electron chi connectivity index (χ4n) is 4.29. The summed E-state index contributed by atoms with van der Waals surface area (Å²) in [4.78, 5) is 38.4. The second kappa shape index (κ2) is 14.4. The number of methoxy groups -OCH3 is 1. The van der Waals surface area contributed by atoms with Crippen molar-refractivity contribution in [2.24, 2.45) is 0 Å². The van der Waals surface area contributed by atoms with E-state index in [9.17, 15) is 24.6 Å². The SMILES string of the molecule is COC(=O)[C@@H](NC(=O)[C@H]1O[C@H](OCc2ccccc2)[C@H](NC(=O)OCc2ccccc2)[C@@H](O)[C@H]1O)c1ccccc1. The summed E-state index contributed by atoms with van der Waals surface area (Å²) in [6.07, 6.45) is -7.40. The maximum Gasteiger partial charge on any atom is 0.407 e. The monoisotopic (exact) mass is 564 g/mol. The van der Waals surface area contributed by atoms with Crippen LogP contribution >= 0.6 is 0 Å². The molecule has 0 bridgehead atoms. The van der Waals surface area contributed by atoms with Gasteiger partial charge in [0.2, 0.25) is 0 Å². The van der Waals surface area contributed by atoms with Gasteiger partial charge in [-0.05, 0) is 16.7 Å². The zero-order valence-electron chi connectivity index (χ0n) is 22.3. The standard InChI is InChI=1S/C30H32N2O9/c1-38-28(36)22(21-15-9-4-10-16-21)31-27(35)26-25(34)24(33)23(29(41-26)39-17-19-11-5-2-6-12-19)32-30(37)40-18-20-13-7-3-8-14-20/h2-16,22-26,29,33-34H,17-18H2,1H3,(H,31,35)(H,32,37)/t22-,23+,24+,25+,26-,29-/m0/s1. The summed E-state index contributed by atoms with van der Waals surface area (Å²) in [6.45, 7) is -0.0252. The first-order valence-corrected chi connectivity index (χ1v) is 12.9. The van der Waals surface area contributed by atoms with Crippen LogP contribution in [0.3, 0.4) is 0 Å². The van der Waals surface area contributed by atoms with Gasteiger partial charge in [-0.1, -0.05) is 91.0 Å². The summed E-state index contributed by atoms with van der Waals surface area (Å²) < 4.78 is 21.8. The molecule has 0 aromatic heterocycles. The minimum Gasteiger partial charge on any atom is -0.467 e. The van der Waals surface area contributed by atoms with Crippen molar-refractivity contribution in [3.8, 4) is 0 Å². The average Bonchev–Trinajstić information content (AvgIpc) is 3.01. The Labute approximate surface area is 237 Å². The molecule has 4 rings (SSSR count). The lowest BCUT2D eigenvalue weighted by atomic mass is 9.95. The van der Waals surface area contributed by atoms with E-state index in [2.05, 4.69) is 10.6 Å². The number of esters is 1. The van der Waals surface area contributed by atoms with E-state index in [0.717, 1.165) is 11.1 Å². The van der Waals surface area contributed by atoms with Crippen molar-refractivity contribution in [3.05, 3.63) is 108 Å². The Bertz CT molecular complexity index is 1280. The summed E-state index contributed by atoms with van der Waals surface area (Å²) in [5, 5.41) is 26.9. The average molecular weight is 565 g/mol. The first-order chi connectivity index (χ1) is 19.9. The van der Waals surface area contributed by atoms with Crippen molar-refractivity contribution in [1.29, 1.82) is 0 Å². The van der Waals surface area contributed by atoms with Crippen LogP contribution in [0.2, 0.25) is 0 Å². The largest absolute Gasteiger partial charge is 0.467 e. The fraction of sp³-hybridized carbons (Fsp3) is 0.300. The lowest BCUT2D eigenvalue weighted by Gasteiger charge is -2.42. The number of benzene rings is 3. The van der Waals surface area contributed by atoms with E-state index in [4.69, 9.17) is 18.9 Å². The summed E-state index contributed by atoms with van der Waals surface area (Å²) in [7, 11) is 1.18. The van der Waals surface area contributed by atoms with Gasteiger partial charge in [-0.2, -0.15) is 0 Å². The molecule has 1 fully saturated rings. The maximum atomic E-state index is 13.3. The number of aliphatic hydroxyl groups excluding tert-OH is 2. The lowest BCUT2D eigenvalue weighted by molar-refractivity contribution is -0.262. The van der Waals surface area contributed by atoms with Gasteiger partial charge in [-0.25, -0.2) is 9.59 Å². The zero-order valence-corrected chi connectivity index (χ0v) is 22.3. The fourth-order valence-corrected chi connectivity index (χ4v) is 4.29. The number of hydrogen-bond acceptors (Lipinski definition) is 9. The quantitative estimate of drug-likeness (QED) is 0.271. The summed E-state index contributed by atoms with van der Waals surface area (Å²) >= 11 is 0. The van der Waals surface area contributed by atoms with Crippen LogP contribution in [0.4, 0.5) is 4.79 Å². The van der Waals surface area contributed by atoms with E-state index in [1.165, 1.54) is 7.11 Å². The highest BCUT2D eigenvalue weighted by Gasteiger charge is 2.49. The molecule has 0 aliphatic carbocycles. The third-order valence-electron chi connectivity index (χ3n) is 6.47. The van der Waals surface area contributed by atoms with Crippen molar-refractivity contribution in [3.63, 3.8) is 0 Å². The van der Waals surface area contributed by atoms with E-state index in [1.807, 2.05) is 24.3 Å². The van der Waals surface area contributed by atoms with Crippen molar-refractivity contribution in [2.75, 3.05) is 7.11 Å². The Morgan fingerprint density at radius 1 is 0.829 bits per heavy atom. The van der Waals surface area contributed by atoms with Gasteiger partial charge in [0, 0.05) is 0 Å². The van der Waals surface area contributed by atoms with Gasteiger partial charge in [0.05, 0.1) is 13.7 Å². The Morgan fingerprint density at radius 3 is 1.98 bits per heavy atom. The molecule has 1 aliphatic rings. The first kappa shape index (κ1) is 29.7. The van der Waals surface area contributed by atoms with Gasteiger partial charge >= 0.3 is 12.1 Å². The molecule has 11 heteroatoms. The van der Waals surface area contributed by atoms with Crippen LogP contribution in [0.15, 0.2) is 91.0 Å². The van der Waals surface area contributed by atoms with E-state index < -0.39 is 54.7 Å². The van der Waals surface area contributed by atoms with Gasteiger partial charge in [-0.3, -0.25) is 4.79 Å². The number of nitrogens with one attached hydrogen (secondary N) is 2. The van der Waals surface area contributed by atoms with Crippen LogP contribution in [-0.4, -0.2) is 65.9 Å². The van der Waals surface area contributed by atoms with E-state index in [1.54, 1.807) is 66.7 Å². The molecule has 2 amide bonds. The molecule has 41 heavy (non-hydrogen) atoms. The molecule has 3 aromatic rings. The van der Waals surface area contributed by atoms with Crippen molar-refractivity contribution < 1.29 is 43.5 Å². The molecule has 1 aliphatic heterocycles. The lowest BCUT2D eigenvalue weighted by Crippen LogP contribution is -2.66. The maximum absolute atomic E-state index is 13.3. The molecule has 11 nitrogen and oxygen atoms in total. The predicted molar refractivity (Wildman–Crippen MR) is 145 cm³/mol. The van der Waals surface area contributed by atoms with Crippen LogP contribution in [0, 0.1) is 0 Å². The molecule has 1 saturated heterocycles. The number of hydrogen-bond donors (Lipinski definition) is 4. The van der Waals surface area contributed by atoms with Gasteiger partial charge in [0.15, 0.2) is 18.4 Å². The smallest absolute Gasteiger partial charge is 0.407 e. The number of carbonyl (C=O) groups excluding carboxylic acids is 3. The minimum atomic E-state index is -1.79. The van der Waals surface area contributed by atoms with E-state index in [0.29, 0.717) is 5.56 Å². The molecular formula is C30H32N2O9. The molecule has 216 valence electrons. The van der Waals surface area contributed by atoms with Crippen LogP contribution in [0.5, 0.6) is 0 Å². The normalized spacial score (nSPS) is 22.7. The summed E-state index contributed by atoms with van der Waals surface area (Å²) in [5.74, 6) is -1.64. The topological polar surface area (TPSA) is 153 Å². The minimum absolute atomic E-state index is 0.00864. The van der Waals surface area contributed by atoms with E-state index in [-0.39, 0.29) is 13.2 Å². The van der Waals surface area contributed by atoms with Crippen LogP contribution in [0.25, 0.3) is 0 Å².